The Morgan fingerprint density at radius 3 is 2.88 bits per heavy atom. The van der Waals surface area contributed by atoms with Crippen molar-refractivity contribution in [3.8, 4) is 0 Å². The molecule has 122 valence electrons. The number of nitrogens with zero attached hydrogens (tertiary/aromatic N) is 3. The number of pyridine rings is 2. The zero-order valence-corrected chi connectivity index (χ0v) is 14.0. The summed E-state index contributed by atoms with van der Waals surface area (Å²) in [5.41, 5.74) is 8.84. The minimum absolute atomic E-state index is 0.0148. The van der Waals surface area contributed by atoms with E-state index in [1.165, 1.54) is 11.5 Å². The Morgan fingerprint density at radius 2 is 2.12 bits per heavy atom. The molecule has 0 aliphatic heterocycles. The van der Waals surface area contributed by atoms with Gasteiger partial charge < -0.3 is 11.1 Å². The van der Waals surface area contributed by atoms with E-state index in [0.717, 1.165) is 21.8 Å². The smallest absolute Gasteiger partial charge is 0.186 e. The van der Waals surface area contributed by atoms with Gasteiger partial charge in [0, 0.05) is 23.7 Å². The molecular weight excluding hydrogens is 322 g/mol. The van der Waals surface area contributed by atoms with E-state index in [1.807, 2.05) is 37.3 Å². The molecule has 24 heavy (non-hydrogen) atoms. The molecule has 0 atom stereocenters. The number of nitrogen functional groups attached to an aromatic ring is 1. The molecule has 6 nitrogen and oxygen atoms in total. The van der Waals surface area contributed by atoms with Gasteiger partial charge in [0.15, 0.2) is 5.78 Å². The van der Waals surface area contributed by atoms with Crippen molar-refractivity contribution in [2.45, 2.75) is 19.9 Å². The molecule has 0 amide bonds. The minimum atomic E-state index is 0.0148. The molecule has 3 N–H and O–H groups in total. The summed E-state index contributed by atoms with van der Waals surface area (Å²) >= 11 is 1.34. The van der Waals surface area contributed by atoms with Crippen LogP contribution in [0.2, 0.25) is 0 Å². The Morgan fingerprint density at radius 1 is 1.25 bits per heavy atom. The van der Waals surface area contributed by atoms with Gasteiger partial charge in [-0.25, -0.2) is 4.98 Å². The van der Waals surface area contributed by atoms with Gasteiger partial charge in [-0.05, 0) is 54.4 Å². The molecule has 3 aromatic rings. The Hall–Kier alpha value is -2.80. The van der Waals surface area contributed by atoms with Crippen LogP contribution in [0, 0.1) is 6.92 Å². The van der Waals surface area contributed by atoms with Crippen LogP contribution in [0.15, 0.2) is 42.7 Å². The topological polar surface area (TPSA) is 93.8 Å². The highest BCUT2D eigenvalue weighted by atomic mass is 32.1. The number of carbonyl (C=O) groups excluding carboxylic acids is 1. The summed E-state index contributed by atoms with van der Waals surface area (Å²) in [6.45, 7) is 2.45. The van der Waals surface area contributed by atoms with E-state index in [-0.39, 0.29) is 5.78 Å². The maximum atomic E-state index is 12.2. The van der Waals surface area contributed by atoms with Crippen LogP contribution in [0.4, 0.5) is 11.5 Å². The van der Waals surface area contributed by atoms with E-state index < -0.39 is 0 Å². The fraction of sp³-hybridized carbons (Fsp3) is 0.176. The van der Waals surface area contributed by atoms with Crippen LogP contribution >= 0.6 is 11.5 Å². The van der Waals surface area contributed by atoms with E-state index in [2.05, 4.69) is 19.7 Å². The number of aryl methyl sites for hydroxylation is 1. The average molecular weight is 339 g/mol. The molecule has 7 heteroatoms. The molecule has 0 fully saturated rings. The number of ketones is 1. The van der Waals surface area contributed by atoms with Crippen molar-refractivity contribution in [1.29, 1.82) is 0 Å². The molecule has 0 saturated carbocycles. The van der Waals surface area contributed by atoms with Crippen molar-refractivity contribution >= 4 is 28.8 Å². The van der Waals surface area contributed by atoms with Crippen LogP contribution in [-0.4, -0.2) is 20.1 Å². The highest BCUT2D eigenvalue weighted by molar-refractivity contribution is 7.05. The number of hydrogen-bond donors (Lipinski definition) is 2. The zero-order chi connectivity index (χ0) is 16.9. The quantitative estimate of drug-likeness (QED) is 0.671. The SMILES string of the molecule is Cc1cc(C(=O)Cc2ccnc(CNc3cccnc3N)c2)ns1. The van der Waals surface area contributed by atoms with Crippen LogP contribution in [-0.2, 0) is 13.0 Å². The molecule has 0 unspecified atom stereocenters. The third-order valence-corrected chi connectivity index (χ3v) is 4.15. The third kappa shape index (κ3) is 3.94. The standard InChI is InChI=1S/C17H17N5OS/c1-11-7-15(22-24-11)16(23)9-12-4-6-19-13(8-12)10-21-14-3-2-5-20-17(14)18/h2-8,21H,9-10H2,1H3,(H2,18,20). The highest BCUT2D eigenvalue weighted by Gasteiger charge is 2.11. The number of rotatable bonds is 6. The van der Waals surface area contributed by atoms with Crippen LogP contribution in [0.5, 0.6) is 0 Å². The number of anilines is 2. The van der Waals surface area contributed by atoms with Gasteiger partial charge in [-0.3, -0.25) is 9.78 Å². The number of Topliss-reactive ketones (excluding diaryl/α,β-unsaturated/α-hetero) is 1. The Bertz CT molecular complexity index is 861. The monoisotopic (exact) mass is 339 g/mol. The molecule has 0 saturated heterocycles. The van der Waals surface area contributed by atoms with Crippen molar-refractivity contribution in [3.63, 3.8) is 0 Å². The molecule has 3 rings (SSSR count). The summed E-state index contributed by atoms with van der Waals surface area (Å²) in [6, 6.07) is 9.26. The zero-order valence-electron chi connectivity index (χ0n) is 13.2. The first-order chi connectivity index (χ1) is 11.6. The van der Waals surface area contributed by atoms with E-state index in [0.29, 0.717) is 24.5 Å². The van der Waals surface area contributed by atoms with Gasteiger partial charge in [-0.2, -0.15) is 4.37 Å². The van der Waals surface area contributed by atoms with Crippen molar-refractivity contribution in [3.05, 3.63) is 64.6 Å². The second-order valence-electron chi connectivity index (χ2n) is 5.37. The number of carbonyl (C=O) groups is 1. The predicted molar refractivity (Wildman–Crippen MR) is 95.1 cm³/mol. The first kappa shape index (κ1) is 16.1. The fourth-order valence-corrected chi connectivity index (χ4v) is 2.82. The second-order valence-corrected chi connectivity index (χ2v) is 6.38. The summed E-state index contributed by atoms with van der Waals surface area (Å²) in [5, 5.41) is 3.20. The first-order valence-electron chi connectivity index (χ1n) is 7.46. The van der Waals surface area contributed by atoms with E-state index in [9.17, 15) is 4.79 Å². The largest absolute Gasteiger partial charge is 0.382 e. The fourth-order valence-electron chi connectivity index (χ4n) is 2.26. The molecule has 0 radical (unpaired) electrons. The normalized spacial score (nSPS) is 10.5. The Balaban J connectivity index is 1.66. The summed E-state index contributed by atoms with van der Waals surface area (Å²) in [5.74, 6) is 0.462. The summed E-state index contributed by atoms with van der Waals surface area (Å²) < 4.78 is 4.16. The van der Waals surface area contributed by atoms with E-state index >= 15 is 0 Å². The van der Waals surface area contributed by atoms with Crippen molar-refractivity contribution in [2.75, 3.05) is 11.1 Å². The van der Waals surface area contributed by atoms with Crippen molar-refractivity contribution in [1.82, 2.24) is 14.3 Å². The minimum Gasteiger partial charge on any atom is -0.382 e. The van der Waals surface area contributed by atoms with Crippen molar-refractivity contribution < 1.29 is 4.79 Å². The summed E-state index contributed by atoms with van der Waals surface area (Å²) in [7, 11) is 0. The number of aromatic nitrogens is 3. The maximum Gasteiger partial charge on any atom is 0.186 e. The van der Waals surface area contributed by atoms with Crippen LogP contribution in [0.1, 0.15) is 26.6 Å². The molecule has 3 heterocycles. The van der Waals surface area contributed by atoms with Gasteiger partial charge in [0.2, 0.25) is 0 Å². The predicted octanol–water partition coefficient (Wildman–Crippen LogP) is 2.86. The summed E-state index contributed by atoms with van der Waals surface area (Å²) in [4.78, 5) is 21.6. The van der Waals surface area contributed by atoms with E-state index in [1.54, 1.807) is 12.4 Å². The first-order valence-corrected chi connectivity index (χ1v) is 8.24. The number of nitrogens with two attached hydrogens (primary N) is 1. The summed E-state index contributed by atoms with van der Waals surface area (Å²) in [6.07, 6.45) is 3.66. The van der Waals surface area contributed by atoms with E-state index in [4.69, 9.17) is 5.73 Å². The lowest BCUT2D eigenvalue weighted by molar-refractivity contribution is 0.0989. The lowest BCUT2D eigenvalue weighted by Crippen LogP contribution is -2.07. The van der Waals surface area contributed by atoms with Gasteiger partial charge in [0.25, 0.3) is 0 Å². The second kappa shape index (κ2) is 7.18. The van der Waals surface area contributed by atoms with Crippen LogP contribution < -0.4 is 11.1 Å². The maximum absolute atomic E-state index is 12.2. The average Bonchev–Trinajstić information content (AvgIpc) is 3.01. The Labute approximate surface area is 143 Å². The van der Waals surface area contributed by atoms with Gasteiger partial charge in [-0.1, -0.05) is 0 Å². The molecule has 0 aromatic carbocycles. The molecule has 0 aliphatic rings. The van der Waals surface area contributed by atoms with Crippen LogP contribution in [0.3, 0.4) is 0 Å². The highest BCUT2D eigenvalue weighted by Crippen LogP contribution is 2.16. The lowest BCUT2D eigenvalue weighted by atomic mass is 10.1. The van der Waals surface area contributed by atoms with Gasteiger partial charge in [0.05, 0.1) is 17.9 Å². The number of nitrogens with one attached hydrogen (secondary N) is 1. The number of hydrogen-bond acceptors (Lipinski definition) is 7. The molecule has 0 bridgehead atoms. The lowest BCUT2D eigenvalue weighted by Gasteiger charge is -2.08. The molecule has 0 aliphatic carbocycles. The molecule has 3 aromatic heterocycles. The van der Waals surface area contributed by atoms with Gasteiger partial charge >= 0.3 is 0 Å². The molecule has 0 spiro atoms. The van der Waals surface area contributed by atoms with Gasteiger partial charge in [0.1, 0.15) is 11.5 Å². The van der Waals surface area contributed by atoms with Crippen molar-refractivity contribution in [2.24, 2.45) is 0 Å². The Kier molecular flexibility index (Phi) is 4.81. The van der Waals surface area contributed by atoms with Gasteiger partial charge in [-0.15, -0.1) is 0 Å². The molecular formula is C17H17N5OS. The third-order valence-electron chi connectivity index (χ3n) is 3.46. The van der Waals surface area contributed by atoms with Crippen LogP contribution in [0.25, 0.3) is 0 Å².